The second kappa shape index (κ2) is 7.92. The number of thiazole rings is 1. The van der Waals surface area contributed by atoms with Gasteiger partial charge in [0.2, 0.25) is 0 Å². The lowest BCUT2D eigenvalue weighted by molar-refractivity contribution is -0.144. The summed E-state index contributed by atoms with van der Waals surface area (Å²) >= 11 is 10.9. The monoisotopic (exact) mass is 421 g/mol. The summed E-state index contributed by atoms with van der Waals surface area (Å²) in [6.45, 7) is 0.269. The zero-order valence-corrected chi connectivity index (χ0v) is 15.7. The molecule has 0 aliphatic carbocycles. The third kappa shape index (κ3) is 4.44. The van der Waals surface area contributed by atoms with E-state index < -0.39 is 0 Å². The fraction of sp³-hybridized carbons (Fsp3) is 0.111. The summed E-state index contributed by atoms with van der Waals surface area (Å²) in [5, 5.41) is 1.52. The van der Waals surface area contributed by atoms with Gasteiger partial charge in [-0.15, -0.1) is 11.3 Å². The van der Waals surface area contributed by atoms with E-state index in [2.05, 4.69) is 20.9 Å². The molecule has 6 heteroatoms. The van der Waals surface area contributed by atoms with Crippen LogP contribution in [0.25, 0.3) is 10.6 Å². The van der Waals surface area contributed by atoms with Crippen LogP contribution in [0.3, 0.4) is 0 Å². The van der Waals surface area contributed by atoms with Crippen LogP contribution in [-0.2, 0) is 22.6 Å². The minimum Gasteiger partial charge on any atom is -0.461 e. The molecule has 0 aliphatic rings. The standard InChI is InChI=1S/C18H13BrClNO2S/c19-17-15(10-16(22)23-11-12-4-2-1-3-5-12)21-18(24-17)13-6-8-14(20)9-7-13/h1-9H,10-11H2. The Labute approximate surface area is 157 Å². The molecule has 0 spiro atoms. The van der Waals surface area contributed by atoms with Crippen molar-refractivity contribution in [2.45, 2.75) is 13.0 Å². The van der Waals surface area contributed by atoms with Gasteiger partial charge < -0.3 is 4.74 Å². The Morgan fingerprint density at radius 1 is 1.12 bits per heavy atom. The highest BCUT2D eigenvalue weighted by atomic mass is 79.9. The molecule has 0 saturated heterocycles. The van der Waals surface area contributed by atoms with Crippen molar-refractivity contribution in [2.75, 3.05) is 0 Å². The average Bonchev–Trinajstić information content (AvgIpc) is 2.95. The Balaban J connectivity index is 1.65. The van der Waals surface area contributed by atoms with Crippen molar-refractivity contribution < 1.29 is 9.53 Å². The maximum Gasteiger partial charge on any atom is 0.312 e. The van der Waals surface area contributed by atoms with Gasteiger partial charge in [0, 0.05) is 10.6 Å². The normalized spacial score (nSPS) is 10.6. The van der Waals surface area contributed by atoms with Crippen molar-refractivity contribution in [2.24, 2.45) is 0 Å². The number of halogens is 2. The summed E-state index contributed by atoms with van der Waals surface area (Å²) in [4.78, 5) is 16.6. The van der Waals surface area contributed by atoms with Gasteiger partial charge in [0.15, 0.2) is 0 Å². The number of hydrogen-bond donors (Lipinski definition) is 0. The lowest BCUT2D eigenvalue weighted by atomic mass is 10.2. The van der Waals surface area contributed by atoms with Crippen LogP contribution in [0.5, 0.6) is 0 Å². The van der Waals surface area contributed by atoms with Crippen LogP contribution >= 0.6 is 38.9 Å². The van der Waals surface area contributed by atoms with Crippen LogP contribution in [0.1, 0.15) is 11.3 Å². The summed E-state index contributed by atoms with van der Waals surface area (Å²) < 4.78 is 6.14. The van der Waals surface area contributed by atoms with E-state index >= 15 is 0 Å². The largest absolute Gasteiger partial charge is 0.461 e. The Bertz CT molecular complexity index is 834. The summed E-state index contributed by atoms with van der Waals surface area (Å²) in [5.41, 5.74) is 2.61. The van der Waals surface area contributed by atoms with Crippen molar-refractivity contribution in [3.8, 4) is 10.6 Å². The molecule has 24 heavy (non-hydrogen) atoms. The zero-order chi connectivity index (χ0) is 16.9. The van der Waals surface area contributed by atoms with Gasteiger partial charge in [0.25, 0.3) is 0 Å². The second-order valence-corrected chi connectivity index (χ2v) is 7.82. The maximum atomic E-state index is 12.0. The first-order valence-corrected chi connectivity index (χ1v) is 9.21. The number of carbonyl (C=O) groups excluding carboxylic acids is 1. The molecular formula is C18H13BrClNO2S. The third-order valence-electron chi connectivity index (χ3n) is 3.30. The van der Waals surface area contributed by atoms with E-state index in [1.807, 2.05) is 54.6 Å². The quantitative estimate of drug-likeness (QED) is 0.509. The highest BCUT2D eigenvalue weighted by molar-refractivity contribution is 9.11. The number of esters is 1. The molecular weight excluding hydrogens is 410 g/mol. The van der Waals surface area contributed by atoms with Crippen molar-refractivity contribution in [3.63, 3.8) is 0 Å². The Morgan fingerprint density at radius 3 is 2.54 bits per heavy atom. The predicted octanol–water partition coefficient (Wildman–Crippen LogP) is 5.51. The number of benzene rings is 2. The summed E-state index contributed by atoms with van der Waals surface area (Å²) in [6.07, 6.45) is 0.136. The van der Waals surface area contributed by atoms with Gasteiger partial charge in [-0.2, -0.15) is 0 Å². The first-order valence-electron chi connectivity index (χ1n) is 7.22. The molecule has 0 bridgehead atoms. The average molecular weight is 423 g/mol. The third-order valence-corrected chi connectivity index (χ3v) is 5.43. The molecule has 3 nitrogen and oxygen atoms in total. The summed E-state index contributed by atoms with van der Waals surface area (Å²) in [6, 6.07) is 17.1. The smallest absolute Gasteiger partial charge is 0.312 e. The first-order chi connectivity index (χ1) is 11.6. The molecule has 2 aromatic carbocycles. The van der Waals surface area contributed by atoms with Crippen LogP contribution < -0.4 is 0 Å². The van der Waals surface area contributed by atoms with Crippen molar-refractivity contribution in [1.82, 2.24) is 4.98 Å². The summed E-state index contributed by atoms with van der Waals surface area (Å²) in [5.74, 6) is -0.299. The number of rotatable bonds is 5. The Kier molecular flexibility index (Phi) is 5.66. The molecule has 0 amide bonds. The number of nitrogens with zero attached hydrogens (tertiary/aromatic N) is 1. The molecule has 122 valence electrons. The van der Waals surface area contributed by atoms with Crippen LogP contribution in [0.4, 0.5) is 0 Å². The topological polar surface area (TPSA) is 39.2 Å². The second-order valence-electron chi connectivity index (χ2n) is 5.07. The molecule has 1 heterocycles. The fourth-order valence-corrected chi connectivity index (χ4v) is 3.71. The fourth-order valence-electron chi connectivity index (χ4n) is 2.08. The molecule has 0 radical (unpaired) electrons. The lowest BCUT2D eigenvalue weighted by Crippen LogP contribution is -2.08. The Hall–Kier alpha value is -1.69. The zero-order valence-electron chi connectivity index (χ0n) is 12.5. The molecule has 0 atom stereocenters. The van der Waals surface area contributed by atoms with E-state index in [1.165, 1.54) is 11.3 Å². The van der Waals surface area contributed by atoms with Crippen LogP contribution in [0.2, 0.25) is 5.02 Å². The SMILES string of the molecule is O=C(Cc1nc(-c2ccc(Cl)cc2)sc1Br)OCc1ccccc1. The highest BCUT2D eigenvalue weighted by Gasteiger charge is 2.15. The number of aromatic nitrogens is 1. The highest BCUT2D eigenvalue weighted by Crippen LogP contribution is 2.32. The predicted molar refractivity (Wildman–Crippen MR) is 100 cm³/mol. The van der Waals surface area contributed by atoms with E-state index in [1.54, 1.807) is 0 Å². The molecule has 3 rings (SSSR count). The number of hydrogen-bond acceptors (Lipinski definition) is 4. The number of ether oxygens (including phenoxy) is 1. The van der Waals surface area contributed by atoms with E-state index in [0.29, 0.717) is 10.7 Å². The molecule has 3 aromatic rings. The van der Waals surface area contributed by atoms with E-state index in [9.17, 15) is 4.79 Å². The van der Waals surface area contributed by atoms with Gasteiger partial charge in [0.05, 0.1) is 15.9 Å². The van der Waals surface area contributed by atoms with Gasteiger partial charge >= 0.3 is 5.97 Å². The van der Waals surface area contributed by atoms with Gasteiger partial charge in [0.1, 0.15) is 11.6 Å². The van der Waals surface area contributed by atoms with E-state index in [-0.39, 0.29) is 19.0 Å². The van der Waals surface area contributed by atoms with Crippen molar-refractivity contribution >= 4 is 44.8 Å². The molecule has 0 aliphatic heterocycles. The minimum atomic E-state index is -0.299. The van der Waals surface area contributed by atoms with Crippen LogP contribution in [0.15, 0.2) is 58.4 Å². The summed E-state index contributed by atoms with van der Waals surface area (Å²) in [7, 11) is 0. The van der Waals surface area contributed by atoms with Crippen LogP contribution in [0, 0.1) is 0 Å². The number of carbonyl (C=O) groups is 1. The molecule has 1 aromatic heterocycles. The molecule has 0 N–H and O–H groups in total. The minimum absolute atomic E-state index is 0.136. The van der Waals surface area contributed by atoms with E-state index in [0.717, 1.165) is 19.9 Å². The molecule has 0 saturated carbocycles. The van der Waals surface area contributed by atoms with E-state index in [4.69, 9.17) is 16.3 Å². The van der Waals surface area contributed by atoms with Crippen molar-refractivity contribution in [1.29, 1.82) is 0 Å². The van der Waals surface area contributed by atoms with Gasteiger partial charge in [-0.3, -0.25) is 4.79 Å². The van der Waals surface area contributed by atoms with Gasteiger partial charge in [-0.25, -0.2) is 4.98 Å². The van der Waals surface area contributed by atoms with Crippen molar-refractivity contribution in [3.05, 3.63) is 74.7 Å². The first kappa shape index (κ1) is 17.1. The maximum absolute atomic E-state index is 12.0. The lowest BCUT2D eigenvalue weighted by Gasteiger charge is -2.03. The van der Waals surface area contributed by atoms with Gasteiger partial charge in [-0.05, 0) is 33.6 Å². The van der Waals surface area contributed by atoms with Gasteiger partial charge in [-0.1, -0.05) is 54.1 Å². The Morgan fingerprint density at radius 2 is 1.83 bits per heavy atom. The van der Waals surface area contributed by atoms with Crippen LogP contribution in [-0.4, -0.2) is 11.0 Å². The molecule has 0 fully saturated rings. The molecule has 0 unspecified atom stereocenters.